The molecule has 2 bridgehead atoms. The number of nitrogens with zero attached hydrogens (tertiary/aromatic N) is 1. The Labute approximate surface area is 129 Å². The summed E-state index contributed by atoms with van der Waals surface area (Å²) >= 11 is 0. The largest absolute Gasteiger partial charge is 0.459 e. The van der Waals surface area contributed by atoms with Crippen LogP contribution in [0.5, 0.6) is 0 Å². The maximum absolute atomic E-state index is 5.87. The van der Waals surface area contributed by atoms with Crippen LogP contribution in [0.25, 0.3) is 11.0 Å². The number of para-hydroxylation sites is 1. The highest BCUT2D eigenvalue weighted by Crippen LogP contribution is 2.34. The van der Waals surface area contributed by atoms with Gasteiger partial charge in [-0.1, -0.05) is 18.2 Å². The summed E-state index contributed by atoms with van der Waals surface area (Å²) in [6.07, 6.45) is 4.22. The summed E-state index contributed by atoms with van der Waals surface area (Å²) in [5.41, 5.74) is 0.920. The fraction of sp³-hybridized carbons (Fsp3) is 0.471. The molecule has 4 rings (SSSR count). The molecular formula is C17H21N3O2. The lowest BCUT2D eigenvalue weighted by atomic mass is 9.96. The summed E-state index contributed by atoms with van der Waals surface area (Å²) in [7, 11) is 1.79. The standard InChI is InChI=1S/C17H21N3O2/c1-18-17(20-14-9-12-6-7-16(14)21-12)19-10-13-8-11-4-2-3-5-15(11)22-13/h2-5,8,12,14,16H,6-7,9-10H2,1H3,(H2,18,19,20). The van der Waals surface area contributed by atoms with Crippen LogP contribution in [0.3, 0.4) is 0 Å². The number of fused-ring (bicyclic) bond motifs is 3. The highest BCUT2D eigenvalue weighted by atomic mass is 16.5. The van der Waals surface area contributed by atoms with E-state index in [0.29, 0.717) is 24.8 Å². The number of rotatable bonds is 3. The predicted octanol–water partition coefficient (Wildman–Crippen LogP) is 2.42. The van der Waals surface area contributed by atoms with Gasteiger partial charge in [-0.3, -0.25) is 4.99 Å². The van der Waals surface area contributed by atoms with Crippen molar-refractivity contribution in [3.05, 3.63) is 36.1 Å². The SMILES string of the molecule is CN=C(NCc1cc2ccccc2o1)NC1CC2CCC1O2. The van der Waals surface area contributed by atoms with E-state index in [1.54, 1.807) is 7.05 Å². The lowest BCUT2D eigenvalue weighted by Crippen LogP contribution is -2.47. The Bertz CT molecular complexity index is 661. The van der Waals surface area contributed by atoms with Crippen LogP contribution in [0.15, 0.2) is 39.7 Å². The van der Waals surface area contributed by atoms with Gasteiger partial charge in [0.05, 0.1) is 24.8 Å². The molecule has 2 fully saturated rings. The van der Waals surface area contributed by atoms with E-state index in [1.165, 1.54) is 6.42 Å². The van der Waals surface area contributed by atoms with E-state index in [2.05, 4.69) is 27.8 Å². The van der Waals surface area contributed by atoms with Gasteiger partial charge >= 0.3 is 0 Å². The molecule has 2 aromatic rings. The van der Waals surface area contributed by atoms with E-state index in [4.69, 9.17) is 9.15 Å². The summed E-state index contributed by atoms with van der Waals surface area (Å²) in [6, 6.07) is 10.5. The molecule has 5 nitrogen and oxygen atoms in total. The summed E-state index contributed by atoms with van der Waals surface area (Å²) in [6.45, 7) is 0.621. The molecule has 3 atom stereocenters. The first kappa shape index (κ1) is 13.6. The third-order valence-corrected chi connectivity index (χ3v) is 4.56. The van der Waals surface area contributed by atoms with E-state index >= 15 is 0 Å². The Hall–Kier alpha value is -2.01. The summed E-state index contributed by atoms with van der Waals surface area (Å²) in [4.78, 5) is 4.30. The lowest BCUT2D eigenvalue weighted by Gasteiger charge is -2.22. The van der Waals surface area contributed by atoms with Crippen molar-refractivity contribution in [1.82, 2.24) is 10.6 Å². The molecule has 0 saturated carbocycles. The number of hydrogen-bond donors (Lipinski definition) is 2. The van der Waals surface area contributed by atoms with Gasteiger partial charge in [-0.25, -0.2) is 0 Å². The van der Waals surface area contributed by atoms with E-state index in [9.17, 15) is 0 Å². The molecule has 2 saturated heterocycles. The normalized spacial score (nSPS) is 27.5. The first-order chi connectivity index (χ1) is 10.8. The number of aliphatic imine (C=N–C) groups is 1. The van der Waals surface area contributed by atoms with Gasteiger partial charge in [0, 0.05) is 12.4 Å². The second kappa shape index (κ2) is 5.65. The molecule has 3 heterocycles. The third-order valence-electron chi connectivity index (χ3n) is 4.56. The van der Waals surface area contributed by atoms with Crippen molar-refractivity contribution < 1.29 is 9.15 Å². The van der Waals surface area contributed by atoms with Gasteiger partial charge in [0.25, 0.3) is 0 Å². The van der Waals surface area contributed by atoms with Crippen LogP contribution in [0.1, 0.15) is 25.0 Å². The topological polar surface area (TPSA) is 58.8 Å². The number of ether oxygens (including phenoxy) is 1. The number of guanidine groups is 1. The molecule has 116 valence electrons. The molecule has 22 heavy (non-hydrogen) atoms. The van der Waals surface area contributed by atoms with Crippen LogP contribution in [0, 0.1) is 0 Å². The smallest absolute Gasteiger partial charge is 0.191 e. The Morgan fingerprint density at radius 2 is 2.23 bits per heavy atom. The number of hydrogen-bond acceptors (Lipinski definition) is 3. The number of nitrogens with one attached hydrogen (secondary N) is 2. The highest BCUT2D eigenvalue weighted by Gasteiger charge is 2.41. The Morgan fingerprint density at radius 1 is 1.32 bits per heavy atom. The van der Waals surface area contributed by atoms with Gasteiger partial charge in [-0.05, 0) is 31.4 Å². The molecule has 2 N–H and O–H groups in total. The lowest BCUT2D eigenvalue weighted by molar-refractivity contribution is 0.0992. The van der Waals surface area contributed by atoms with Crippen LogP contribution in [0.2, 0.25) is 0 Å². The maximum atomic E-state index is 5.87. The van der Waals surface area contributed by atoms with E-state index in [0.717, 1.165) is 35.5 Å². The van der Waals surface area contributed by atoms with Crippen LogP contribution in [-0.2, 0) is 11.3 Å². The zero-order valence-corrected chi connectivity index (χ0v) is 12.7. The molecule has 1 aromatic heterocycles. The van der Waals surface area contributed by atoms with Gasteiger partial charge in [-0.15, -0.1) is 0 Å². The average Bonchev–Trinajstić information content (AvgIpc) is 3.25. The minimum atomic E-state index is 0.342. The fourth-order valence-corrected chi connectivity index (χ4v) is 3.45. The molecule has 1 aromatic carbocycles. The van der Waals surface area contributed by atoms with Gasteiger partial charge < -0.3 is 19.8 Å². The first-order valence-electron chi connectivity index (χ1n) is 7.92. The van der Waals surface area contributed by atoms with E-state index in [1.807, 2.05) is 18.2 Å². The molecule has 5 heteroatoms. The van der Waals surface area contributed by atoms with Crippen molar-refractivity contribution in [2.45, 2.75) is 44.1 Å². The Kier molecular flexibility index (Phi) is 3.50. The van der Waals surface area contributed by atoms with Crippen molar-refractivity contribution in [3.63, 3.8) is 0 Å². The van der Waals surface area contributed by atoms with Crippen molar-refractivity contribution in [2.75, 3.05) is 7.05 Å². The first-order valence-corrected chi connectivity index (χ1v) is 7.92. The van der Waals surface area contributed by atoms with Crippen LogP contribution in [-0.4, -0.2) is 31.3 Å². The maximum Gasteiger partial charge on any atom is 0.191 e. The van der Waals surface area contributed by atoms with E-state index in [-0.39, 0.29) is 0 Å². The molecule has 2 aliphatic heterocycles. The fourth-order valence-electron chi connectivity index (χ4n) is 3.45. The van der Waals surface area contributed by atoms with Crippen LogP contribution in [0.4, 0.5) is 0 Å². The molecule has 0 radical (unpaired) electrons. The second-order valence-electron chi connectivity index (χ2n) is 6.04. The number of benzene rings is 1. The van der Waals surface area contributed by atoms with Crippen molar-refractivity contribution >= 4 is 16.9 Å². The molecule has 0 spiro atoms. The van der Waals surface area contributed by atoms with Gasteiger partial charge in [0.15, 0.2) is 5.96 Å². The molecule has 2 aliphatic rings. The summed E-state index contributed by atoms with van der Waals surface area (Å²) < 4.78 is 11.7. The summed E-state index contributed by atoms with van der Waals surface area (Å²) in [5.74, 6) is 1.72. The van der Waals surface area contributed by atoms with Crippen molar-refractivity contribution in [1.29, 1.82) is 0 Å². The third kappa shape index (κ3) is 2.57. The predicted molar refractivity (Wildman–Crippen MR) is 85.8 cm³/mol. The highest BCUT2D eigenvalue weighted by molar-refractivity contribution is 5.80. The van der Waals surface area contributed by atoms with Gasteiger partial charge in [-0.2, -0.15) is 0 Å². The Morgan fingerprint density at radius 3 is 2.95 bits per heavy atom. The molecule has 0 aliphatic carbocycles. The zero-order valence-electron chi connectivity index (χ0n) is 12.7. The molecular weight excluding hydrogens is 278 g/mol. The molecule has 0 amide bonds. The number of furan rings is 1. The quantitative estimate of drug-likeness (QED) is 0.675. The molecule has 3 unspecified atom stereocenters. The van der Waals surface area contributed by atoms with Crippen LogP contribution >= 0.6 is 0 Å². The minimum Gasteiger partial charge on any atom is -0.459 e. The minimum absolute atomic E-state index is 0.342. The monoisotopic (exact) mass is 299 g/mol. The summed E-state index contributed by atoms with van der Waals surface area (Å²) in [5, 5.41) is 7.92. The Balaban J connectivity index is 1.37. The second-order valence-corrected chi connectivity index (χ2v) is 6.04. The van der Waals surface area contributed by atoms with Crippen LogP contribution < -0.4 is 10.6 Å². The van der Waals surface area contributed by atoms with Crippen molar-refractivity contribution in [2.24, 2.45) is 4.99 Å². The van der Waals surface area contributed by atoms with Gasteiger partial charge in [0.2, 0.25) is 0 Å². The average molecular weight is 299 g/mol. The zero-order chi connectivity index (χ0) is 14.9. The van der Waals surface area contributed by atoms with E-state index < -0.39 is 0 Å². The van der Waals surface area contributed by atoms with Gasteiger partial charge in [0.1, 0.15) is 11.3 Å². The van der Waals surface area contributed by atoms with Crippen molar-refractivity contribution in [3.8, 4) is 0 Å².